The second kappa shape index (κ2) is 15.3. The summed E-state index contributed by atoms with van der Waals surface area (Å²) in [5, 5.41) is 0. The van der Waals surface area contributed by atoms with E-state index >= 15 is 0 Å². The molecule has 3 aromatic carbocycles. The van der Waals surface area contributed by atoms with Crippen molar-refractivity contribution < 1.29 is 33.4 Å². The summed E-state index contributed by atoms with van der Waals surface area (Å²) in [6, 6.07) is 27.8. The molecule has 0 aromatic heterocycles. The van der Waals surface area contributed by atoms with Gasteiger partial charge >= 0.3 is 17.9 Å². The Hall–Kier alpha value is -4.52. The van der Waals surface area contributed by atoms with Crippen LogP contribution in [0.4, 0.5) is 0 Å². The Labute approximate surface area is 197 Å². The van der Waals surface area contributed by atoms with E-state index in [1.54, 1.807) is 0 Å². The van der Waals surface area contributed by atoms with Crippen molar-refractivity contribution in [3.63, 3.8) is 0 Å². The molecule has 0 aliphatic rings. The average molecular weight is 460 g/mol. The summed E-state index contributed by atoms with van der Waals surface area (Å²) in [5.41, 5.74) is 2.64. The molecule has 0 aliphatic carbocycles. The molecule has 0 heterocycles. The molecule has 7 nitrogen and oxygen atoms in total. The minimum atomic E-state index is -0.834. The monoisotopic (exact) mass is 460 g/mol. The fraction of sp³-hybridized carbons (Fsp3) is 0.111. The van der Waals surface area contributed by atoms with Crippen molar-refractivity contribution in [3.05, 3.63) is 120 Å². The van der Waals surface area contributed by atoms with E-state index in [2.05, 4.69) is 4.74 Å². The van der Waals surface area contributed by atoms with Crippen molar-refractivity contribution in [2.75, 3.05) is 0 Å². The van der Waals surface area contributed by atoms with Crippen LogP contribution in [0.2, 0.25) is 0 Å². The fourth-order valence-corrected chi connectivity index (χ4v) is 2.45. The van der Waals surface area contributed by atoms with Crippen molar-refractivity contribution >= 4 is 24.2 Å². The van der Waals surface area contributed by atoms with Crippen molar-refractivity contribution in [1.29, 1.82) is 0 Å². The average Bonchev–Trinajstić information content (AvgIpc) is 2.90. The number of carbonyl (C=O) groups is 4. The molecule has 7 heteroatoms. The largest absolute Gasteiger partial charge is 0.458 e. The first-order valence-electron chi connectivity index (χ1n) is 10.3. The van der Waals surface area contributed by atoms with Crippen LogP contribution in [0.25, 0.3) is 0 Å². The summed E-state index contributed by atoms with van der Waals surface area (Å²) >= 11 is 0. The van der Waals surface area contributed by atoms with Crippen molar-refractivity contribution in [2.45, 2.75) is 19.8 Å². The molecule has 0 spiro atoms. The van der Waals surface area contributed by atoms with Crippen LogP contribution in [0.5, 0.6) is 0 Å². The van der Waals surface area contributed by atoms with Crippen LogP contribution in [0.15, 0.2) is 103 Å². The van der Waals surface area contributed by atoms with E-state index in [1.807, 2.05) is 91.0 Å². The number of hydrogen-bond acceptors (Lipinski definition) is 7. The highest BCUT2D eigenvalue weighted by Crippen LogP contribution is 2.03. The zero-order chi connectivity index (χ0) is 24.4. The van der Waals surface area contributed by atoms with E-state index in [0.717, 1.165) is 28.8 Å². The van der Waals surface area contributed by atoms with Crippen LogP contribution in [0.1, 0.15) is 16.7 Å². The lowest BCUT2D eigenvalue weighted by atomic mass is 10.2. The van der Waals surface area contributed by atoms with E-state index < -0.39 is 17.9 Å². The zero-order valence-corrected chi connectivity index (χ0v) is 18.4. The minimum absolute atomic E-state index is 0.151. The van der Waals surface area contributed by atoms with Gasteiger partial charge in [0.1, 0.15) is 19.8 Å². The number of ether oxygens (including phenoxy) is 3. The minimum Gasteiger partial charge on any atom is -0.458 e. The van der Waals surface area contributed by atoms with E-state index in [1.165, 1.54) is 0 Å². The number of esters is 3. The molecule has 0 bridgehead atoms. The smallest absolute Gasteiger partial charge is 0.371 e. The standard InChI is InChI=1S/C18H16O4.C9H8O3/c19-17(21-13-15-7-3-1-4-8-15)11-12-18(20)22-14-16-9-5-2-6-10-16;10-6-9(11)12-7-8-4-2-1-3-5-8/h1-12H,13-14H2;1-6H,7H2/b12-11+;. The highest BCUT2D eigenvalue weighted by atomic mass is 16.5. The van der Waals surface area contributed by atoms with Gasteiger partial charge in [-0.05, 0) is 16.7 Å². The normalized spacial score (nSPS) is 9.88. The lowest BCUT2D eigenvalue weighted by Gasteiger charge is -2.02. The summed E-state index contributed by atoms with van der Waals surface area (Å²) in [6.45, 7) is 0.491. The van der Waals surface area contributed by atoms with Crippen LogP contribution in [0, 0.1) is 0 Å². The van der Waals surface area contributed by atoms with Gasteiger partial charge < -0.3 is 14.2 Å². The molecular formula is C27H24O7. The SMILES string of the molecule is O=C(/C=C/C(=O)OCc1ccccc1)OCc1ccccc1.O=CC(=O)OCc1ccccc1. The van der Waals surface area contributed by atoms with Crippen LogP contribution in [-0.2, 0) is 53.2 Å². The van der Waals surface area contributed by atoms with Gasteiger partial charge in [0, 0.05) is 12.2 Å². The highest BCUT2D eigenvalue weighted by molar-refractivity contribution is 6.20. The van der Waals surface area contributed by atoms with E-state index in [0.29, 0.717) is 0 Å². The zero-order valence-electron chi connectivity index (χ0n) is 18.4. The lowest BCUT2D eigenvalue weighted by molar-refractivity contribution is -0.149. The molecule has 0 fully saturated rings. The number of hydrogen-bond donors (Lipinski definition) is 0. The topological polar surface area (TPSA) is 96.0 Å². The summed E-state index contributed by atoms with van der Waals surface area (Å²) in [5.74, 6) is -2.00. The second-order valence-corrected chi connectivity index (χ2v) is 6.73. The first-order chi connectivity index (χ1) is 16.6. The van der Waals surface area contributed by atoms with Crippen LogP contribution < -0.4 is 0 Å². The molecule has 3 rings (SSSR count). The van der Waals surface area contributed by atoms with Crippen LogP contribution >= 0.6 is 0 Å². The van der Waals surface area contributed by atoms with E-state index in [9.17, 15) is 19.2 Å². The Balaban J connectivity index is 0.000000287. The summed E-state index contributed by atoms with van der Waals surface area (Å²) in [6.07, 6.45) is 2.29. The number of rotatable bonds is 9. The maximum Gasteiger partial charge on any atom is 0.371 e. The molecule has 0 amide bonds. The number of aldehydes is 1. The third-order valence-corrected chi connectivity index (χ3v) is 4.12. The maximum atomic E-state index is 11.5. The van der Waals surface area contributed by atoms with E-state index in [4.69, 9.17) is 9.47 Å². The molecule has 0 unspecified atom stereocenters. The van der Waals surface area contributed by atoms with E-state index in [-0.39, 0.29) is 26.1 Å². The van der Waals surface area contributed by atoms with Crippen molar-refractivity contribution in [2.24, 2.45) is 0 Å². The predicted molar refractivity (Wildman–Crippen MR) is 124 cm³/mol. The van der Waals surface area contributed by atoms with Crippen LogP contribution in [-0.4, -0.2) is 24.2 Å². The van der Waals surface area contributed by atoms with Crippen molar-refractivity contribution in [3.8, 4) is 0 Å². The maximum absolute atomic E-state index is 11.5. The van der Waals surface area contributed by atoms with Gasteiger partial charge in [-0.3, -0.25) is 4.79 Å². The van der Waals surface area contributed by atoms with Gasteiger partial charge in [0.2, 0.25) is 6.29 Å². The van der Waals surface area contributed by atoms with Gasteiger partial charge in [0.05, 0.1) is 0 Å². The summed E-state index contributed by atoms with van der Waals surface area (Å²) in [4.78, 5) is 43.2. The lowest BCUT2D eigenvalue weighted by Crippen LogP contribution is -2.04. The molecule has 34 heavy (non-hydrogen) atoms. The van der Waals surface area contributed by atoms with Gasteiger partial charge in [-0.15, -0.1) is 0 Å². The molecule has 174 valence electrons. The molecule has 0 atom stereocenters. The van der Waals surface area contributed by atoms with Gasteiger partial charge in [0.15, 0.2) is 0 Å². The molecule has 0 aliphatic heterocycles. The molecule has 0 radical (unpaired) electrons. The predicted octanol–water partition coefficient (Wildman–Crippen LogP) is 3.96. The molecule has 3 aromatic rings. The van der Waals surface area contributed by atoms with Crippen LogP contribution in [0.3, 0.4) is 0 Å². The van der Waals surface area contributed by atoms with Gasteiger partial charge in [0.25, 0.3) is 0 Å². The first-order valence-corrected chi connectivity index (χ1v) is 10.3. The highest BCUT2D eigenvalue weighted by Gasteiger charge is 2.02. The quantitative estimate of drug-likeness (QED) is 0.157. The second-order valence-electron chi connectivity index (χ2n) is 6.73. The number of carbonyl (C=O) groups excluding carboxylic acids is 4. The van der Waals surface area contributed by atoms with Gasteiger partial charge in [-0.2, -0.15) is 0 Å². The summed E-state index contributed by atoms with van der Waals surface area (Å²) in [7, 11) is 0. The Morgan fingerprint density at radius 3 is 1.09 bits per heavy atom. The Bertz CT molecular complexity index is 1000. The molecule has 0 saturated heterocycles. The van der Waals surface area contributed by atoms with Crippen molar-refractivity contribution in [1.82, 2.24) is 0 Å². The summed E-state index contributed by atoms with van der Waals surface area (Å²) < 4.78 is 14.6. The van der Waals surface area contributed by atoms with Gasteiger partial charge in [-0.1, -0.05) is 91.0 Å². The third-order valence-electron chi connectivity index (χ3n) is 4.12. The molecule has 0 saturated carbocycles. The number of benzene rings is 3. The fourth-order valence-electron chi connectivity index (χ4n) is 2.45. The first kappa shape index (κ1) is 25.7. The Morgan fingerprint density at radius 2 is 0.794 bits per heavy atom. The Kier molecular flexibility index (Phi) is 11.6. The third kappa shape index (κ3) is 11.2. The van der Waals surface area contributed by atoms with Gasteiger partial charge in [-0.25, -0.2) is 14.4 Å². The molecule has 0 N–H and O–H groups in total. The Morgan fingerprint density at radius 1 is 0.500 bits per heavy atom. The molecular weight excluding hydrogens is 436 g/mol.